The highest BCUT2D eigenvalue weighted by Gasteiger charge is 2.29. The maximum absolute atomic E-state index is 12.4. The molecule has 1 aromatic carbocycles. The van der Waals surface area contributed by atoms with Gasteiger partial charge in [0.1, 0.15) is 13.2 Å². The summed E-state index contributed by atoms with van der Waals surface area (Å²) in [5, 5.41) is 10.5. The maximum Gasteiger partial charge on any atom is 0.228 e. The van der Waals surface area contributed by atoms with E-state index >= 15 is 0 Å². The van der Waals surface area contributed by atoms with Crippen molar-refractivity contribution < 1.29 is 19.4 Å². The highest BCUT2D eigenvalue weighted by Crippen LogP contribution is 2.34. The molecule has 0 aromatic heterocycles. The molecule has 0 saturated carbocycles. The summed E-state index contributed by atoms with van der Waals surface area (Å²) >= 11 is 0. The van der Waals surface area contributed by atoms with Crippen molar-refractivity contribution in [2.75, 3.05) is 26.3 Å². The van der Waals surface area contributed by atoms with E-state index in [9.17, 15) is 9.90 Å². The van der Waals surface area contributed by atoms with Crippen LogP contribution in [-0.2, 0) is 4.79 Å². The zero-order valence-electron chi connectivity index (χ0n) is 12.2. The van der Waals surface area contributed by atoms with E-state index in [1.165, 1.54) is 0 Å². The Kier molecular flexibility index (Phi) is 4.01. The number of aliphatic hydroxyl groups excluding tert-OH is 1. The molecule has 2 aliphatic heterocycles. The number of carbonyl (C=O) groups excluding carboxylic acids is 1. The topological polar surface area (TPSA) is 59.0 Å². The zero-order chi connectivity index (χ0) is 14.8. The molecule has 5 nitrogen and oxygen atoms in total. The number of carbonyl (C=O) groups is 1. The average molecular weight is 291 g/mol. The van der Waals surface area contributed by atoms with Gasteiger partial charge in [-0.3, -0.25) is 4.79 Å². The molecular formula is C16H21NO4. The van der Waals surface area contributed by atoms with Crippen molar-refractivity contribution in [1.82, 2.24) is 4.90 Å². The van der Waals surface area contributed by atoms with E-state index in [1.54, 1.807) is 25.1 Å². The number of fused-ring (bicyclic) bond motifs is 1. The second-order valence-electron chi connectivity index (χ2n) is 5.67. The van der Waals surface area contributed by atoms with Crippen molar-refractivity contribution in [3.63, 3.8) is 0 Å². The third-order valence-corrected chi connectivity index (χ3v) is 4.19. The maximum atomic E-state index is 12.4. The number of hydrogen-bond donors (Lipinski definition) is 1. The van der Waals surface area contributed by atoms with Crippen LogP contribution in [0.1, 0.15) is 31.4 Å². The second-order valence-corrected chi connectivity index (χ2v) is 5.67. The van der Waals surface area contributed by atoms with Crippen LogP contribution in [0.3, 0.4) is 0 Å². The molecule has 0 bridgehead atoms. The molecule has 3 rings (SSSR count). The monoisotopic (exact) mass is 291 g/mol. The predicted molar refractivity (Wildman–Crippen MR) is 77.4 cm³/mol. The van der Waals surface area contributed by atoms with E-state index in [0.29, 0.717) is 30.3 Å². The Hall–Kier alpha value is -1.75. The molecular weight excluding hydrogens is 270 g/mol. The van der Waals surface area contributed by atoms with E-state index in [0.717, 1.165) is 25.9 Å². The Morgan fingerprint density at radius 2 is 1.86 bits per heavy atom. The van der Waals surface area contributed by atoms with Crippen molar-refractivity contribution >= 4 is 5.91 Å². The first-order valence-corrected chi connectivity index (χ1v) is 7.53. The van der Waals surface area contributed by atoms with Gasteiger partial charge in [-0.05, 0) is 30.5 Å². The number of benzene rings is 1. The number of likely N-dealkylation sites (tertiary alicyclic amines) is 1. The third kappa shape index (κ3) is 2.83. The van der Waals surface area contributed by atoms with Crippen molar-refractivity contribution in [3.05, 3.63) is 23.8 Å². The highest BCUT2D eigenvalue weighted by molar-refractivity contribution is 5.79. The van der Waals surface area contributed by atoms with Crippen LogP contribution in [0.4, 0.5) is 0 Å². The fourth-order valence-electron chi connectivity index (χ4n) is 2.89. The number of hydrogen-bond acceptors (Lipinski definition) is 4. The normalized spacial score (nSPS) is 20.2. The van der Waals surface area contributed by atoms with Crippen LogP contribution in [0.15, 0.2) is 18.2 Å². The van der Waals surface area contributed by atoms with Gasteiger partial charge < -0.3 is 19.5 Å². The first kappa shape index (κ1) is 14.2. The van der Waals surface area contributed by atoms with Crippen LogP contribution in [0, 0.1) is 5.92 Å². The van der Waals surface area contributed by atoms with Gasteiger partial charge in [0.25, 0.3) is 0 Å². The Morgan fingerprint density at radius 3 is 2.57 bits per heavy atom. The largest absolute Gasteiger partial charge is 0.486 e. The molecule has 21 heavy (non-hydrogen) atoms. The molecule has 1 saturated heterocycles. The molecule has 2 aliphatic rings. The smallest absolute Gasteiger partial charge is 0.228 e. The summed E-state index contributed by atoms with van der Waals surface area (Å²) in [4.78, 5) is 14.2. The van der Waals surface area contributed by atoms with Gasteiger partial charge in [0.05, 0.1) is 12.0 Å². The van der Waals surface area contributed by atoms with Gasteiger partial charge in [-0.15, -0.1) is 0 Å². The van der Waals surface area contributed by atoms with E-state index in [2.05, 4.69) is 0 Å². The van der Waals surface area contributed by atoms with E-state index in [-0.39, 0.29) is 5.91 Å². The fourth-order valence-corrected chi connectivity index (χ4v) is 2.89. The van der Waals surface area contributed by atoms with Gasteiger partial charge in [0.2, 0.25) is 5.91 Å². The minimum absolute atomic E-state index is 0.0230. The van der Waals surface area contributed by atoms with Crippen molar-refractivity contribution in [2.24, 2.45) is 5.92 Å². The lowest BCUT2D eigenvalue weighted by atomic mass is 9.95. The van der Waals surface area contributed by atoms with Gasteiger partial charge in [0.15, 0.2) is 11.5 Å². The van der Waals surface area contributed by atoms with E-state index < -0.39 is 12.0 Å². The summed E-state index contributed by atoms with van der Waals surface area (Å²) in [6.45, 7) is 4.43. The number of rotatable bonds is 3. The molecule has 114 valence electrons. The molecule has 2 atom stereocenters. The number of ether oxygens (including phenoxy) is 2. The minimum Gasteiger partial charge on any atom is -0.486 e. The molecule has 5 heteroatoms. The van der Waals surface area contributed by atoms with Crippen LogP contribution < -0.4 is 9.47 Å². The summed E-state index contributed by atoms with van der Waals surface area (Å²) < 4.78 is 11.0. The Labute approximate surface area is 124 Å². The number of amides is 1. The van der Waals surface area contributed by atoms with Crippen LogP contribution >= 0.6 is 0 Å². The second kappa shape index (κ2) is 5.93. The molecule has 0 unspecified atom stereocenters. The average Bonchev–Trinajstić information content (AvgIpc) is 3.06. The Morgan fingerprint density at radius 1 is 1.19 bits per heavy atom. The fraction of sp³-hybridized carbons (Fsp3) is 0.562. The molecule has 2 heterocycles. The summed E-state index contributed by atoms with van der Waals surface area (Å²) in [5.74, 6) is 0.898. The lowest BCUT2D eigenvalue weighted by molar-refractivity contribution is -0.137. The predicted octanol–water partition coefficient (Wildman–Crippen LogP) is 1.75. The van der Waals surface area contributed by atoms with Crippen LogP contribution in [0.5, 0.6) is 11.5 Å². The number of aliphatic hydroxyl groups is 1. The van der Waals surface area contributed by atoms with E-state index in [1.807, 2.05) is 4.90 Å². The standard InChI is InChI=1S/C16H21NO4/c1-11(16(19)17-6-2-3-7-17)15(18)12-4-5-13-14(10-12)21-9-8-20-13/h4-5,10-11,15,18H,2-3,6-9H2,1H3/t11-,15-/m0/s1. The van der Waals surface area contributed by atoms with Crippen molar-refractivity contribution in [1.29, 1.82) is 0 Å². The lowest BCUT2D eigenvalue weighted by Crippen LogP contribution is -2.35. The Bertz CT molecular complexity index is 525. The summed E-state index contributed by atoms with van der Waals surface area (Å²) in [6.07, 6.45) is 1.28. The van der Waals surface area contributed by atoms with Crippen LogP contribution in [-0.4, -0.2) is 42.2 Å². The highest BCUT2D eigenvalue weighted by atomic mass is 16.6. The lowest BCUT2D eigenvalue weighted by Gasteiger charge is -2.25. The minimum atomic E-state index is -0.825. The quantitative estimate of drug-likeness (QED) is 0.921. The van der Waals surface area contributed by atoms with Gasteiger partial charge in [-0.1, -0.05) is 13.0 Å². The first-order valence-electron chi connectivity index (χ1n) is 7.53. The van der Waals surface area contributed by atoms with Crippen LogP contribution in [0.2, 0.25) is 0 Å². The third-order valence-electron chi connectivity index (χ3n) is 4.19. The summed E-state index contributed by atoms with van der Waals surface area (Å²) in [7, 11) is 0. The van der Waals surface area contributed by atoms with Crippen LogP contribution in [0.25, 0.3) is 0 Å². The molecule has 0 aliphatic carbocycles. The SMILES string of the molecule is C[C@H](C(=O)N1CCCC1)[C@H](O)c1ccc2c(c1)OCCO2. The summed E-state index contributed by atoms with van der Waals surface area (Å²) in [6, 6.07) is 5.36. The Balaban J connectivity index is 1.74. The number of nitrogens with zero attached hydrogens (tertiary/aromatic N) is 1. The van der Waals surface area contributed by atoms with Gasteiger partial charge in [-0.2, -0.15) is 0 Å². The molecule has 0 spiro atoms. The molecule has 1 N–H and O–H groups in total. The first-order chi connectivity index (χ1) is 10.2. The zero-order valence-corrected chi connectivity index (χ0v) is 12.2. The van der Waals surface area contributed by atoms with E-state index in [4.69, 9.17) is 9.47 Å². The molecule has 1 fully saturated rings. The molecule has 0 radical (unpaired) electrons. The van der Waals surface area contributed by atoms with Crippen molar-refractivity contribution in [3.8, 4) is 11.5 Å². The van der Waals surface area contributed by atoms with Gasteiger partial charge in [-0.25, -0.2) is 0 Å². The molecule has 1 amide bonds. The summed E-state index contributed by atoms with van der Waals surface area (Å²) in [5.41, 5.74) is 0.694. The van der Waals surface area contributed by atoms with Crippen molar-refractivity contribution in [2.45, 2.75) is 25.9 Å². The van der Waals surface area contributed by atoms with Gasteiger partial charge >= 0.3 is 0 Å². The molecule has 1 aromatic rings. The van der Waals surface area contributed by atoms with Gasteiger partial charge in [0, 0.05) is 13.1 Å².